The molecule has 5 heteroatoms. The summed E-state index contributed by atoms with van der Waals surface area (Å²) in [7, 11) is -1.03. The zero-order valence-electron chi connectivity index (χ0n) is 14.4. The van der Waals surface area contributed by atoms with Crippen LogP contribution in [0.3, 0.4) is 0 Å². The van der Waals surface area contributed by atoms with Gasteiger partial charge in [-0.1, -0.05) is 25.3 Å². The van der Waals surface area contributed by atoms with E-state index in [4.69, 9.17) is 0 Å². The summed E-state index contributed by atoms with van der Waals surface area (Å²) in [5.41, 5.74) is 1.51. The zero-order chi connectivity index (χ0) is 17.3. The maximum absolute atomic E-state index is 12.6. The Morgan fingerprint density at radius 3 is 2.26 bits per heavy atom. The fourth-order valence-corrected chi connectivity index (χ4v) is 5.16. The van der Waals surface area contributed by atoms with E-state index in [1.165, 1.54) is 44.8 Å². The molecule has 130 valence electrons. The SMILES string of the molecule is C[C@@H](NS(=O)C(C)(C)C)C1(c2ccc(I)c(I)c2)CCCCC1. The van der Waals surface area contributed by atoms with Gasteiger partial charge in [0.2, 0.25) is 0 Å². The molecule has 23 heavy (non-hydrogen) atoms. The maximum Gasteiger partial charge on any atom is 0.0972 e. The van der Waals surface area contributed by atoms with Gasteiger partial charge in [0, 0.05) is 18.6 Å². The van der Waals surface area contributed by atoms with Crippen LogP contribution >= 0.6 is 45.2 Å². The third kappa shape index (κ3) is 4.70. The van der Waals surface area contributed by atoms with E-state index in [0.717, 1.165) is 0 Å². The molecule has 1 saturated carbocycles. The minimum atomic E-state index is -1.03. The lowest BCUT2D eigenvalue weighted by Gasteiger charge is -2.43. The van der Waals surface area contributed by atoms with Gasteiger partial charge >= 0.3 is 0 Å². The highest BCUT2D eigenvalue weighted by molar-refractivity contribution is 14.1. The van der Waals surface area contributed by atoms with Crippen LogP contribution in [0.25, 0.3) is 0 Å². The van der Waals surface area contributed by atoms with E-state index < -0.39 is 11.0 Å². The molecular weight excluding hydrogens is 532 g/mol. The van der Waals surface area contributed by atoms with Crippen molar-refractivity contribution in [2.45, 2.75) is 76.0 Å². The minimum absolute atomic E-state index is 0.101. The number of halogens is 2. The van der Waals surface area contributed by atoms with Crippen molar-refractivity contribution in [2.75, 3.05) is 0 Å². The molecule has 1 fully saturated rings. The Morgan fingerprint density at radius 2 is 1.74 bits per heavy atom. The molecule has 0 aliphatic heterocycles. The first kappa shape index (κ1) is 20.1. The summed E-state index contributed by atoms with van der Waals surface area (Å²) in [6, 6.07) is 7.06. The monoisotopic (exact) mass is 559 g/mol. The molecule has 0 saturated heterocycles. The summed E-state index contributed by atoms with van der Waals surface area (Å²) in [4.78, 5) is 0. The second-order valence-corrected chi connectivity index (χ2v) is 11.9. The van der Waals surface area contributed by atoms with Crippen LogP contribution < -0.4 is 4.72 Å². The second-order valence-electron chi connectivity index (χ2n) is 7.57. The Bertz CT molecular complexity index is 577. The van der Waals surface area contributed by atoms with E-state index in [2.05, 4.69) is 75.0 Å². The Kier molecular flexibility index (Phi) is 6.99. The first-order valence-electron chi connectivity index (χ1n) is 8.30. The van der Waals surface area contributed by atoms with Crippen molar-refractivity contribution >= 4 is 56.2 Å². The summed E-state index contributed by atoms with van der Waals surface area (Å²) in [5, 5.41) is 0. The first-order chi connectivity index (χ1) is 10.7. The van der Waals surface area contributed by atoms with Gasteiger partial charge in [-0.2, -0.15) is 0 Å². The van der Waals surface area contributed by atoms with Crippen molar-refractivity contribution in [3.8, 4) is 0 Å². The van der Waals surface area contributed by atoms with Gasteiger partial charge in [0.05, 0.1) is 15.7 Å². The van der Waals surface area contributed by atoms with Gasteiger partial charge in [-0.05, 0) is 103 Å². The molecule has 0 bridgehead atoms. The second kappa shape index (κ2) is 7.99. The smallest absolute Gasteiger partial charge is 0.0972 e. The molecule has 0 radical (unpaired) electrons. The Balaban J connectivity index is 2.35. The predicted octanol–water partition coefficient (Wildman–Crippen LogP) is 5.54. The fourth-order valence-electron chi connectivity index (χ4n) is 3.41. The van der Waals surface area contributed by atoms with Crippen LogP contribution in [0.5, 0.6) is 0 Å². The molecule has 0 heterocycles. The molecule has 2 rings (SSSR count). The van der Waals surface area contributed by atoms with Crippen molar-refractivity contribution in [3.05, 3.63) is 30.9 Å². The molecule has 1 aromatic rings. The van der Waals surface area contributed by atoms with E-state index in [9.17, 15) is 4.21 Å². The Labute approximate surface area is 170 Å². The van der Waals surface area contributed by atoms with Crippen LogP contribution in [-0.4, -0.2) is 15.0 Å². The van der Waals surface area contributed by atoms with E-state index in [1.54, 1.807) is 0 Å². The van der Waals surface area contributed by atoms with Gasteiger partial charge in [-0.3, -0.25) is 0 Å². The Hall–Kier alpha value is 0.790. The van der Waals surface area contributed by atoms with Gasteiger partial charge < -0.3 is 0 Å². The lowest BCUT2D eigenvalue weighted by Crippen LogP contribution is -2.51. The van der Waals surface area contributed by atoms with Crippen LogP contribution in [0.2, 0.25) is 0 Å². The van der Waals surface area contributed by atoms with Crippen molar-refractivity contribution in [3.63, 3.8) is 0 Å². The molecule has 1 aromatic carbocycles. The summed E-state index contributed by atoms with van der Waals surface area (Å²) in [6.07, 6.45) is 6.20. The van der Waals surface area contributed by atoms with Crippen molar-refractivity contribution < 1.29 is 4.21 Å². The topological polar surface area (TPSA) is 29.1 Å². The molecule has 0 aromatic heterocycles. The molecule has 1 unspecified atom stereocenters. The minimum Gasteiger partial charge on any atom is -0.242 e. The molecule has 2 atom stereocenters. The van der Waals surface area contributed by atoms with Crippen molar-refractivity contribution in [2.24, 2.45) is 0 Å². The van der Waals surface area contributed by atoms with Gasteiger partial charge in [-0.25, -0.2) is 8.93 Å². The number of benzene rings is 1. The van der Waals surface area contributed by atoms with Gasteiger partial charge in [0.1, 0.15) is 0 Å². The lowest BCUT2D eigenvalue weighted by molar-refractivity contribution is 0.242. The van der Waals surface area contributed by atoms with E-state index >= 15 is 0 Å². The quantitative estimate of drug-likeness (QED) is 0.483. The normalized spacial score (nSPS) is 21.0. The summed E-state index contributed by atoms with van der Waals surface area (Å²) in [6.45, 7) is 8.32. The summed E-state index contributed by atoms with van der Waals surface area (Å²) in [5.74, 6) is 0. The van der Waals surface area contributed by atoms with Crippen LogP contribution in [0.4, 0.5) is 0 Å². The molecule has 2 nitrogen and oxygen atoms in total. The molecular formula is C18H27I2NOS. The Morgan fingerprint density at radius 1 is 1.13 bits per heavy atom. The highest BCUT2D eigenvalue weighted by Gasteiger charge is 2.40. The average Bonchev–Trinajstić information content (AvgIpc) is 2.49. The number of nitrogens with one attached hydrogen (secondary N) is 1. The molecule has 1 aliphatic carbocycles. The largest absolute Gasteiger partial charge is 0.242 e. The van der Waals surface area contributed by atoms with E-state index in [1.807, 2.05) is 20.8 Å². The molecule has 0 spiro atoms. The summed E-state index contributed by atoms with van der Waals surface area (Å²) < 4.78 is 18.4. The third-order valence-electron chi connectivity index (χ3n) is 4.91. The molecule has 1 N–H and O–H groups in total. The van der Waals surface area contributed by atoms with Crippen LogP contribution in [0.15, 0.2) is 18.2 Å². The molecule has 1 aliphatic rings. The highest BCUT2D eigenvalue weighted by atomic mass is 127. The van der Waals surface area contributed by atoms with E-state index in [0.29, 0.717) is 0 Å². The van der Waals surface area contributed by atoms with E-state index in [-0.39, 0.29) is 16.2 Å². The van der Waals surface area contributed by atoms with Crippen LogP contribution in [-0.2, 0) is 16.4 Å². The molecule has 0 amide bonds. The first-order valence-corrected chi connectivity index (χ1v) is 11.6. The highest BCUT2D eigenvalue weighted by Crippen LogP contribution is 2.43. The van der Waals surface area contributed by atoms with Gasteiger partial charge in [0.15, 0.2) is 0 Å². The standard InChI is InChI=1S/C18H27I2NOS/c1-13(21-23(22)17(2,3)4)18(10-6-5-7-11-18)14-8-9-15(19)16(20)12-14/h8-9,12-13,21H,5-7,10-11H2,1-4H3/t13-,23?/m1/s1. The summed E-state index contributed by atoms with van der Waals surface area (Å²) >= 11 is 4.82. The van der Waals surface area contributed by atoms with Crippen molar-refractivity contribution in [1.82, 2.24) is 4.72 Å². The number of rotatable bonds is 4. The van der Waals surface area contributed by atoms with Crippen LogP contribution in [0, 0.1) is 7.14 Å². The third-order valence-corrected chi connectivity index (χ3v) is 9.45. The zero-order valence-corrected chi connectivity index (χ0v) is 19.5. The van der Waals surface area contributed by atoms with Crippen LogP contribution in [0.1, 0.15) is 65.4 Å². The van der Waals surface area contributed by atoms with Gasteiger partial charge in [-0.15, -0.1) is 0 Å². The lowest BCUT2D eigenvalue weighted by atomic mass is 9.65. The number of hydrogen-bond acceptors (Lipinski definition) is 1. The van der Waals surface area contributed by atoms with Gasteiger partial charge in [0.25, 0.3) is 0 Å². The predicted molar refractivity (Wildman–Crippen MR) is 117 cm³/mol. The fraction of sp³-hybridized carbons (Fsp3) is 0.667. The van der Waals surface area contributed by atoms with Crippen molar-refractivity contribution in [1.29, 1.82) is 0 Å². The number of hydrogen-bond donors (Lipinski definition) is 1. The maximum atomic E-state index is 12.6. The average molecular weight is 559 g/mol.